The maximum absolute atomic E-state index is 12.4. The smallest absolute Gasteiger partial charge is 0.240 e. The lowest BCUT2D eigenvalue weighted by atomic mass is 10.1. The van der Waals surface area contributed by atoms with Gasteiger partial charge in [0.15, 0.2) is 5.16 Å². The summed E-state index contributed by atoms with van der Waals surface area (Å²) in [7, 11) is 0. The van der Waals surface area contributed by atoms with Crippen LogP contribution in [0.5, 0.6) is 0 Å². The standard InChI is InChI=1S/C21H23N3O2S/c1-16-7-5-6-10-18(16)15-27-21-23-12-19(14-25)24(21)13-20(26)22-11-17-8-3-2-4-9-17/h2-10,12,25H,11,13-15H2,1H3,(H,22,26). The lowest BCUT2D eigenvalue weighted by Crippen LogP contribution is -2.28. The largest absolute Gasteiger partial charge is 0.390 e. The molecule has 0 aliphatic rings. The summed E-state index contributed by atoms with van der Waals surface area (Å²) in [4.78, 5) is 16.8. The highest BCUT2D eigenvalue weighted by Crippen LogP contribution is 2.24. The molecule has 3 rings (SSSR count). The van der Waals surface area contributed by atoms with Crippen LogP contribution in [0.2, 0.25) is 0 Å². The van der Waals surface area contributed by atoms with E-state index in [1.54, 1.807) is 22.5 Å². The molecule has 0 aliphatic carbocycles. The Kier molecular flexibility index (Phi) is 6.68. The zero-order valence-corrected chi connectivity index (χ0v) is 16.1. The van der Waals surface area contributed by atoms with E-state index in [0.29, 0.717) is 12.2 Å². The molecule has 0 aliphatic heterocycles. The molecule has 27 heavy (non-hydrogen) atoms. The van der Waals surface area contributed by atoms with Crippen LogP contribution in [0.15, 0.2) is 66.0 Å². The number of carbonyl (C=O) groups excluding carboxylic acids is 1. The highest BCUT2D eigenvalue weighted by molar-refractivity contribution is 7.98. The van der Waals surface area contributed by atoms with Crippen molar-refractivity contribution in [1.82, 2.24) is 14.9 Å². The first-order valence-corrected chi connectivity index (χ1v) is 9.79. The molecule has 0 radical (unpaired) electrons. The second-order valence-corrected chi connectivity index (χ2v) is 7.20. The Hall–Kier alpha value is -2.57. The average molecular weight is 382 g/mol. The van der Waals surface area contributed by atoms with Gasteiger partial charge in [-0.15, -0.1) is 0 Å². The zero-order valence-electron chi connectivity index (χ0n) is 15.3. The topological polar surface area (TPSA) is 67.2 Å². The summed E-state index contributed by atoms with van der Waals surface area (Å²) in [6.45, 7) is 2.55. The van der Waals surface area contributed by atoms with Gasteiger partial charge in [-0.1, -0.05) is 66.4 Å². The number of imidazole rings is 1. The maximum atomic E-state index is 12.4. The molecule has 0 spiro atoms. The first-order chi connectivity index (χ1) is 13.2. The Balaban J connectivity index is 1.64. The van der Waals surface area contributed by atoms with Gasteiger partial charge in [0, 0.05) is 12.3 Å². The van der Waals surface area contributed by atoms with Gasteiger partial charge in [0.05, 0.1) is 18.5 Å². The first-order valence-electron chi connectivity index (χ1n) is 8.80. The van der Waals surface area contributed by atoms with Crippen molar-refractivity contribution in [1.29, 1.82) is 0 Å². The van der Waals surface area contributed by atoms with Crippen molar-refractivity contribution < 1.29 is 9.90 Å². The summed E-state index contributed by atoms with van der Waals surface area (Å²) in [5.41, 5.74) is 4.15. The maximum Gasteiger partial charge on any atom is 0.240 e. The van der Waals surface area contributed by atoms with Gasteiger partial charge in [0.2, 0.25) is 5.91 Å². The number of aliphatic hydroxyl groups is 1. The van der Waals surface area contributed by atoms with Gasteiger partial charge in [0.1, 0.15) is 6.54 Å². The average Bonchev–Trinajstić information content (AvgIpc) is 3.08. The third-order valence-electron chi connectivity index (χ3n) is 4.32. The molecular weight excluding hydrogens is 358 g/mol. The highest BCUT2D eigenvalue weighted by Gasteiger charge is 2.14. The Labute approximate surface area is 163 Å². The van der Waals surface area contributed by atoms with Gasteiger partial charge in [-0.25, -0.2) is 4.98 Å². The molecule has 0 saturated heterocycles. The van der Waals surface area contributed by atoms with Crippen LogP contribution >= 0.6 is 11.8 Å². The van der Waals surface area contributed by atoms with Crippen LogP contribution in [0.25, 0.3) is 0 Å². The van der Waals surface area contributed by atoms with Gasteiger partial charge >= 0.3 is 0 Å². The van der Waals surface area contributed by atoms with E-state index in [1.807, 2.05) is 42.5 Å². The number of rotatable bonds is 8. The summed E-state index contributed by atoms with van der Waals surface area (Å²) in [5, 5.41) is 13.2. The summed E-state index contributed by atoms with van der Waals surface area (Å²) in [6.07, 6.45) is 1.63. The van der Waals surface area contributed by atoms with E-state index < -0.39 is 0 Å². The number of carbonyl (C=O) groups is 1. The van der Waals surface area contributed by atoms with E-state index in [1.165, 1.54) is 11.1 Å². The van der Waals surface area contributed by atoms with Gasteiger partial charge in [-0.05, 0) is 23.6 Å². The molecule has 1 aromatic heterocycles. The number of hydrogen-bond acceptors (Lipinski definition) is 4. The number of nitrogens with zero attached hydrogens (tertiary/aromatic N) is 2. The van der Waals surface area contributed by atoms with Crippen molar-refractivity contribution in [2.75, 3.05) is 0 Å². The normalized spacial score (nSPS) is 10.7. The monoisotopic (exact) mass is 381 g/mol. The molecule has 5 nitrogen and oxygen atoms in total. The van der Waals surface area contributed by atoms with Crippen molar-refractivity contribution in [2.24, 2.45) is 0 Å². The first kappa shape index (κ1) is 19.2. The van der Waals surface area contributed by atoms with Gasteiger partial charge in [0.25, 0.3) is 0 Å². The molecule has 6 heteroatoms. The summed E-state index contributed by atoms with van der Waals surface area (Å²) in [5.74, 6) is 0.657. The lowest BCUT2D eigenvalue weighted by Gasteiger charge is -2.12. The summed E-state index contributed by atoms with van der Waals surface area (Å²) in [6, 6.07) is 18.0. The molecule has 0 saturated carbocycles. The molecular formula is C21H23N3O2S. The fourth-order valence-corrected chi connectivity index (χ4v) is 3.79. The predicted octanol–water partition coefficient (Wildman–Crippen LogP) is 3.29. The van der Waals surface area contributed by atoms with Crippen LogP contribution in [0.1, 0.15) is 22.4 Å². The molecule has 1 amide bonds. The molecule has 0 fully saturated rings. The number of benzene rings is 2. The fourth-order valence-electron chi connectivity index (χ4n) is 2.71. The minimum Gasteiger partial charge on any atom is -0.390 e. The van der Waals surface area contributed by atoms with Gasteiger partial charge < -0.3 is 15.0 Å². The number of thioether (sulfide) groups is 1. The van der Waals surface area contributed by atoms with Crippen LogP contribution < -0.4 is 5.32 Å². The molecule has 140 valence electrons. The number of amides is 1. The van der Waals surface area contributed by atoms with E-state index >= 15 is 0 Å². The number of aromatic nitrogens is 2. The Bertz CT molecular complexity index is 893. The highest BCUT2D eigenvalue weighted by atomic mass is 32.2. The minimum absolute atomic E-state index is 0.107. The van der Waals surface area contributed by atoms with Crippen LogP contribution in [0.3, 0.4) is 0 Å². The van der Waals surface area contributed by atoms with E-state index in [2.05, 4.69) is 29.4 Å². The second kappa shape index (κ2) is 9.39. The molecule has 3 aromatic rings. The Morgan fingerprint density at radius 1 is 1.15 bits per heavy atom. The van der Waals surface area contributed by atoms with E-state index in [9.17, 15) is 9.90 Å². The molecule has 1 heterocycles. The number of aliphatic hydroxyl groups excluding tert-OH is 1. The summed E-state index contributed by atoms with van der Waals surface area (Å²) >= 11 is 1.57. The van der Waals surface area contributed by atoms with E-state index in [0.717, 1.165) is 16.5 Å². The Morgan fingerprint density at radius 3 is 2.63 bits per heavy atom. The SMILES string of the molecule is Cc1ccccc1CSc1ncc(CO)n1CC(=O)NCc1ccccc1. The van der Waals surface area contributed by atoms with Crippen molar-refractivity contribution in [3.05, 3.63) is 83.2 Å². The van der Waals surface area contributed by atoms with E-state index in [4.69, 9.17) is 0 Å². The molecule has 2 aromatic carbocycles. The Morgan fingerprint density at radius 2 is 1.89 bits per heavy atom. The van der Waals surface area contributed by atoms with E-state index in [-0.39, 0.29) is 19.1 Å². The lowest BCUT2D eigenvalue weighted by molar-refractivity contribution is -0.122. The minimum atomic E-state index is -0.149. The van der Waals surface area contributed by atoms with Crippen molar-refractivity contribution in [3.8, 4) is 0 Å². The fraction of sp³-hybridized carbons (Fsp3) is 0.238. The predicted molar refractivity (Wildman–Crippen MR) is 107 cm³/mol. The van der Waals surface area contributed by atoms with Crippen molar-refractivity contribution in [3.63, 3.8) is 0 Å². The molecule has 0 bridgehead atoms. The van der Waals surface area contributed by atoms with Crippen LogP contribution in [0.4, 0.5) is 0 Å². The third-order valence-corrected chi connectivity index (χ3v) is 5.36. The molecule has 0 unspecified atom stereocenters. The molecule has 2 N–H and O–H groups in total. The summed E-state index contributed by atoms with van der Waals surface area (Å²) < 4.78 is 1.78. The van der Waals surface area contributed by atoms with Gasteiger partial charge in [-0.3, -0.25) is 4.79 Å². The van der Waals surface area contributed by atoms with Crippen LogP contribution in [-0.4, -0.2) is 20.6 Å². The number of nitrogens with one attached hydrogen (secondary N) is 1. The number of aryl methyl sites for hydroxylation is 1. The third kappa shape index (κ3) is 5.21. The van der Waals surface area contributed by atoms with Crippen molar-refractivity contribution >= 4 is 17.7 Å². The van der Waals surface area contributed by atoms with Gasteiger partial charge in [-0.2, -0.15) is 0 Å². The quantitative estimate of drug-likeness (QED) is 0.588. The van der Waals surface area contributed by atoms with Crippen molar-refractivity contribution in [2.45, 2.75) is 37.5 Å². The number of hydrogen-bond donors (Lipinski definition) is 2. The zero-order chi connectivity index (χ0) is 19.1. The van der Waals surface area contributed by atoms with Crippen LogP contribution in [0, 0.1) is 6.92 Å². The van der Waals surface area contributed by atoms with Crippen LogP contribution in [-0.2, 0) is 30.2 Å². The molecule has 0 atom stereocenters. The second-order valence-electron chi connectivity index (χ2n) is 6.25.